The highest BCUT2D eigenvalue weighted by atomic mass is 19.4. The van der Waals surface area contributed by atoms with E-state index in [0.29, 0.717) is 18.9 Å². The lowest BCUT2D eigenvalue weighted by Gasteiger charge is -2.37. The molecule has 192 valence electrons. The van der Waals surface area contributed by atoms with Crippen molar-refractivity contribution in [3.63, 3.8) is 0 Å². The Balaban J connectivity index is 1.39. The van der Waals surface area contributed by atoms with Crippen molar-refractivity contribution in [1.29, 1.82) is 0 Å². The number of aromatic nitrogens is 1. The Morgan fingerprint density at radius 3 is 2.47 bits per heavy atom. The zero-order valence-corrected chi connectivity index (χ0v) is 20.0. The molecule has 3 aromatic rings. The summed E-state index contributed by atoms with van der Waals surface area (Å²) < 4.78 is 51.4. The van der Waals surface area contributed by atoms with Crippen LogP contribution in [0.1, 0.15) is 12.5 Å². The highest BCUT2D eigenvalue weighted by molar-refractivity contribution is 5.95. The van der Waals surface area contributed by atoms with Crippen LogP contribution in [-0.4, -0.2) is 61.7 Å². The maximum atomic E-state index is 12.4. The van der Waals surface area contributed by atoms with Crippen molar-refractivity contribution in [2.45, 2.75) is 20.2 Å². The van der Waals surface area contributed by atoms with Gasteiger partial charge in [0.25, 0.3) is 5.91 Å². The predicted molar refractivity (Wildman–Crippen MR) is 129 cm³/mol. The van der Waals surface area contributed by atoms with Crippen LogP contribution < -0.4 is 19.8 Å². The number of nitrogens with one attached hydrogen (secondary N) is 1. The first kappa shape index (κ1) is 25.5. The summed E-state index contributed by atoms with van der Waals surface area (Å²) in [5.74, 6) is 0.332. The van der Waals surface area contributed by atoms with Crippen molar-refractivity contribution in [2.75, 3.05) is 49.8 Å². The normalized spacial score (nSPS) is 14.5. The van der Waals surface area contributed by atoms with Gasteiger partial charge in [-0.05, 0) is 67.9 Å². The fourth-order valence-electron chi connectivity index (χ4n) is 3.97. The number of anilines is 2. The van der Waals surface area contributed by atoms with Crippen LogP contribution in [0.25, 0.3) is 10.9 Å². The SMILES string of the molecule is CCN(c1cc(C)c2cc(NC(=O)COc3ccc(OC(F)(F)F)cc3)ccc2n1)N1CCOCC1. The molecular formula is C25H27F3N4O4. The van der Waals surface area contributed by atoms with Gasteiger partial charge in [-0.2, -0.15) is 0 Å². The summed E-state index contributed by atoms with van der Waals surface area (Å²) in [6.45, 7) is 7.56. The third kappa shape index (κ3) is 6.55. The number of carbonyl (C=O) groups is 1. The number of rotatable bonds is 8. The number of hydrogen-bond acceptors (Lipinski definition) is 7. The molecule has 2 heterocycles. The summed E-state index contributed by atoms with van der Waals surface area (Å²) in [6, 6.07) is 12.3. The molecule has 0 spiro atoms. The van der Waals surface area contributed by atoms with Crippen LogP contribution in [-0.2, 0) is 9.53 Å². The van der Waals surface area contributed by atoms with E-state index in [9.17, 15) is 18.0 Å². The van der Waals surface area contributed by atoms with Crippen molar-refractivity contribution in [1.82, 2.24) is 9.99 Å². The lowest BCUT2D eigenvalue weighted by molar-refractivity contribution is -0.274. The maximum absolute atomic E-state index is 12.4. The molecule has 1 N–H and O–H groups in total. The molecule has 1 fully saturated rings. The number of hydrazine groups is 1. The van der Waals surface area contributed by atoms with Gasteiger partial charge in [0.05, 0.1) is 18.7 Å². The van der Waals surface area contributed by atoms with Gasteiger partial charge in [-0.15, -0.1) is 13.2 Å². The van der Waals surface area contributed by atoms with Gasteiger partial charge in [0.2, 0.25) is 0 Å². The van der Waals surface area contributed by atoms with E-state index in [-0.39, 0.29) is 18.1 Å². The molecule has 0 aliphatic carbocycles. The second-order valence-electron chi connectivity index (χ2n) is 8.17. The summed E-state index contributed by atoms with van der Waals surface area (Å²) in [5, 5.41) is 8.08. The Hall–Kier alpha value is -3.57. The summed E-state index contributed by atoms with van der Waals surface area (Å²) in [6.07, 6.45) is -4.77. The Morgan fingerprint density at radius 1 is 1.11 bits per heavy atom. The van der Waals surface area contributed by atoms with Gasteiger partial charge >= 0.3 is 6.36 Å². The molecule has 36 heavy (non-hydrogen) atoms. The topological polar surface area (TPSA) is 76.2 Å². The number of ether oxygens (including phenoxy) is 3. The quantitative estimate of drug-likeness (QED) is 0.483. The van der Waals surface area contributed by atoms with E-state index in [2.05, 4.69) is 27.0 Å². The van der Waals surface area contributed by atoms with Crippen LogP contribution >= 0.6 is 0 Å². The number of hydrogen-bond donors (Lipinski definition) is 1. The lowest BCUT2D eigenvalue weighted by Crippen LogP contribution is -2.49. The highest BCUT2D eigenvalue weighted by Gasteiger charge is 2.31. The molecule has 8 nitrogen and oxygen atoms in total. The van der Waals surface area contributed by atoms with Crippen molar-refractivity contribution in [3.05, 3.63) is 54.1 Å². The van der Waals surface area contributed by atoms with Crippen LogP contribution in [0.2, 0.25) is 0 Å². The van der Waals surface area contributed by atoms with Crippen molar-refractivity contribution < 1.29 is 32.2 Å². The lowest BCUT2D eigenvalue weighted by atomic mass is 10.1. The van der Waals surface area contributed by atoms with E-state index < -0.39 is 12.3 Å². The predicted octanol–water partition coefficient (Wildman–Crippen LogP) is 4.53. The Kier molecular flexibility index (Phi) is 7.80. The number of nitrogens with zero attached hydrogens (tertiary/aromatic N) is 3. The van der Waals surface area contributed by atoms with E-state index in [1.54, 1.807) is 6.07 Å². The fourth-order valence-corrected chi connectivity index (χ4v) is 3.97. The first-order valence-electron chi connectivity index (χ1n) is 11.5. The highest BCUT2D eigenvalue weighted by Crippen LogP contribution is 2.27. The van der Waals surface area contributed by atoms with Crippen LogP contribution in [0.15, 0.2) is 48.5 Å². The molecule has 0 bridgehead atoms. The van der Waals surface area contributed by atoms with Crippen LogP contribution in [0.5, 0.6) is 11.5 Å². The molecule has 1 saturated heterocycles. The van der Waals surface area contributed by atoms with Gasteiger partial charge in [0.1, 0.15) is 17.3 Å². The van der Waals surface area contributed by atoms with E-state index in [1.807, 2.05) is 25.1 Å². The van der Waals surface area contributed by atoms with Gasteiger partial charge in [0, 0.05) is 30.7 Å². The number of amides is 1. The number of carbonyl (C=O) groups excluding carboxylic acids is 1. The molecule has 1 aromatic heterocycles. The standard InChI is InChI=1S/C25H27F3N4O4/c1-3-32(31-10-12-34-13-11-31)23-14-17(2)21-15-18(4-9-22(21)30-23)29-24(33)16-35-19-5-7-20(8-6-19)36-25(26,27)28/h4-9,14-15H,3,10-13,16H2,1-2H3,(H,29,33). The number of pyridine rings is 1. The molecule has 1 aliphatic heterocycles. The molecule has 0 atom stereocenters. The van der Waals surface area contributed by atoms with Gasteiger partial charge in [0.15, 0.2) is 6.61 Å². The number of halogens is 3. The number of aryl methyl sites for hydroxylation is 1. The monoisotopic (exact) mass is 504 g/mol. The van der Waals surface area contributed by atoms with Gasteiger partial charge in [-0.25, -0.2) is 9.99 Å². The Morgan fingerprint density at radius 2 is 1.81 bits per heavy atom. The Labute approximate surface area is 206 Å². The molecule has 0 unspecified atom stereocenters. The summed E-state index contributed by atoms with van der Waals surface area (Å²) in [4.78, 5) is 17.2. The zero-order valence-electron chi connectivity index (χ0n) is 20.0. The average Bonchev–Trinajstić information content (AvgIpc) is 2.84. The van der Waals surface area contributed by atoms with Crippen LogP contribution in [0, 0.1) is 6.92 Å². The smallest absolute Gasteiger partial charge is 0.484 e. The number of benzene rings is 2. The molecule has 2 aromatic carbocycles. The van der Waals surface area contributed by atoms with Crippen LogP contribution in [0.4, 0.5) is 24.7 Å². The first-order chi connectivity index (χ1) is 17.2. The third-order valence-electron chi connectivity index (χ3n) is 5.61. The van der Waals surface area contributed by atoms with Crippen molar-refractivity contribution in [3.8, 4) is 11.5 Å². The third-order valence-corrected chi connectivity index (χ3v) is 5.61. The Bertz CT molecular complexity index is 1200. The van der Waals surface area contributed by atoms with E-state index >= 15 is 0 Å². The van der Waals surface area contributed by atoms with E-state index in [4.69, 9.17) is 14.5 Å². The molecule has 4 rings (SSSR count). The number of morpholine rings is 1. The van der Waals surface area contributed by atoms with E-state index in [1.165, 1.54) is 12.1 Å². The van der Waals surface area contributed by atoms with Crippen molar-refractivity contribution >= 4 is 28.3 Å². The largest absolute Gasteiger partial charge is 0.573 e. The second-order valence-corrected chi connectivity index (χ2v) is 8.17. The van der Waals surface area contributed by atoms with Crippen LogP contribution in [0.3, 0.4) is 0 Å². The molecule has 1 aliphatic rings. The molecule has 0 saturated carbocycles. The number of alkyl halides is 3. The summed E-state index contributed by atoms with van der Waals surface area (Å²) in [5.41, 5.74) is 2.42. The summed E-state index contributed by atoms with van der Waals surface area (Å²) >= 11 is 0. The molecule has 0 radical (unpaired) electrons. The first-order valence-corrected chi connectivity index (χ1v) is 11.5. The molecular weight excluding hydrogens is 477 g/mol. The maximum Gasteiger partial charge on any atom is 0.573 e. The number of fused-ring (bicyclic) bond motifs is 1. The van der Waals surface area contributed by atoms with Gasteiger partial charge < -0.3 is 19.5 Å². The van der Waals surface area contributed by atoms with Gasteiger partial charge in [-0.3, -0.25) is 9.80 Å². The van der Waals surface area contributed by atoms with Gasteiger partial charge in [-0.1, -0.05) is 0 Å². The zero-order chi connectivity index (χ0) is 25.7. The minimum Gasteiger partial charge on any atom is -0.484 e. The average molecular weight is 505 g/mol. The molecule has 11 heteroatoms. The minimum atomic E-state index is -4.77. The second kappa shape index (κ2) is 11.0. The fraction of sp³-hybridized carbons (Fsp3) is 0.360. The minimum absolute atomic E-state index is 0.242. The van der Waals surface area contributed by atoms with E-state index in [0.717, 1.165) is 54.1 Å². The summed E-state index contributed by atoms with van der Waals surface area (Å²) in [7, 11) is 0. The molecule has 1 amide bonds. The van der Waals surface area contributed by atoms with Crippen molar-refractivity contribution in [2.24, 2.45) is 0 Å².